The average Bonchev–Trinajstić information content (AvgIpc) is 2.37. The van der Waals surface area contributed by atoms with Gasteiger partial charge < -0.3 is 19.5 Å². The summed E-state index contributed by atoms with van der Waals surface area (Å²) < 4.78 is 8.74. The van der Waals surface area contributed by atoms with Crippen LogP contribution in [0.15, 0.2) is 12.3 Å². The molecule has 0 amide bonds. The molecule has 19 heavy (non-hydrogen) atoms. The quantitative estimate of drug-likeness (QED) is 0.154. The number of carbonyl (C=O) groups is 2. The third kappa shape index (κ3) is 14.2. The van der Waals surface area contributed by atoms with Crippen LogP contribution in [0.4, 0.5) is 4.79 Å². The molecule has 0 heterocycles. The molecule has 110 valence electrons. The van der Waals surface area contributed by atoms with Crippen LogP contribution in [0.1, 0.15) is 32.6 Å². The maximum absolute atomic E-state index is 11.0. The van der Waals surface area contributed by atoms with Crippen LogP contribution in [-0.2, 0) is 24.0 Å². The minimum atomic E-state index is -1.41. The Morgan fingerprint density at radius 2 is 1.79 bits per heavy atom. The molecular weight excluding hydrogens is 256 g/mol. The molecular formula is C12H20O7. The third-order valence-corrected chi connectivity index (χ3v) is 1.96. The summed E-state index contributed by atoms with van der Waals surface area (Å²) in [5.74, 6) is -0.663. The first-order chi connectivity index (χ1) is 9.16. The fourth-order valence-electron chi connectivity index (χ4n) is 1.08. The van der Waals surface area contributed by atoms with E-state index in [1.54, 1.807) is 0 Å². The van der Waals surface area contributed by atoms with Crippen LogP contribution in [0.25, 0.3) is 0 Å². The molecule has 0 fully saturated rings. The van der Waals surface area contributed by atoms with E-state index in [9.17, 15) is 9.59 Å². The average molecular weight is 276 g/mol. The van der Waals surface area contributed by atoms with Crippen molar-refractivity contribution in [2.45, 2.75) is 32.6 Å². The fourth-order valence-corrected chi connectivity index (χ4v) is 1.08. The molecule has 0 radical (unpaired) electrons. The van der Waals surface area contributed by atoms with Gasteiger partial charge in [-0.15, -0.1) is 0 Å². The Morgan fingerprint density at radius 3 is 2.47 bits per heavy atom. The summed E-state index contributed by atoms with van der Waals surface area (Å²) >= 11 is 0. The van der Waals surface area contributed by atoms with E-state index in [0.717, 1.165) is 38.0 Å². The lowest BCUT2D eigenvalue weighted by atomic mass is 10.2. The number of ether oxygens (including phenoxy) is 2. The van der Waals surface area contributed by atoms with Gasteiger partial charge in [-0.1, -0.05) is 26.2 Å². The molecule has 7 nitrogen and oxygen atoms in total. The van der Waals surface area contributed by atoms with E-state index in [1.165, 1.54) is 0 Å². The molecule has 0 atom stereocenters. The molecule has 0 aromatic heterocycles. The lowest BCUT2D eigenvalue weighted by Gasteiger charge is -2.02. The molecule has 0 bridgehead atoms. The highest BCUT2D eigenvalue weighted by Crippen LogP contribution is 1.99. The minimum absolute atomic E-state index is 0.145. The smallest absolute Gasteiger partial charge is 0.459 e. The van der Waals surface area contributed by atoms with E-state index in [4.69, 9.17) is 9.99 Å². The van der Waals surface area contributed by atoms with Crippen LogP contribution in [0.3, 0.4) is 0 Å². The van der Waals surface area contributed by atoms with Gasteiger partial charge in [0.05, 0.1) is 12.7 Å². The molecule has 7 heteroatoms. The van der Waals surface area contributed by atoms with E-state index < -0.39 is 12.1 Å². The van der Waals surface area contributed by atoms with Crippen LogP contribution in [0, 0.1) is 0 Å². The van der Waals surface area contributed by atoms with Gasteiger partial charge in [0, 0.05) is 0 Å². The predicted octanol–water partition coefficient (Wildman–Crippen LogP) is 2.27. The normalized spacial score (nSPS) is 10.4. The molecule has 0 saturated carbocycles. The number of carboxylic acid groups (broad SMARTS) is 1. The molecule has 0 saturated heterocycles. The van der Waals surface area contributed by atoms with Crippen molar-refractivity contribution in [3.05, 3.63) is 12.3 Å². The zero-order chi connectivity index (χ0) is 14.3. The first kappa shape index (κ1) is 17.2. The van der Waals surface area contributed by atoms with Gasteiger partial charge in [-0.25, -0.2) is 9.59 Å². The molecule has 1 N–H and O–H groups in total. The lowest BCUT2D eigenvalue weighted by molar-refractivity contribution is -0.249. The highest BCUT2D eigenvalue weighted by molar-refractivity contribution is 5.81. The first-order valence-corrected chi connectivity index (χ1v) is 6.14. The Hall–Kier alpha value is -1.76. The second-order valence-corrected chi connectivity index (χ2v) is 3.56. The number of hydrogen-bond acceptors (Lipinski definition) is 6. The van der Waals surface area contributed by atoms with Gasteiger partial charge in [-0.3, -0.25) is 0 Å². The monoisotopic (exact) mass is 276 g/mol. The largest absolute Gasteiger partial charge is 0.505 e. The Balaban J connectivity index is 3.34. The predicted molar refractivity (Wildman–Crippen MR) is 65.3 cm³/mol. The molecule has 0 spiro atoms. The summed E-state index contributed by atoms with van der Waals surface area (Å²) in [4.78, 5) is 30.4. The van der Waals surface area contributed by atoms with Gasteiger partial charge in [-0.2, -0.15) is 4.89 Å². The van der Waals surface area contributed by atoms with Gasteiger partial charge >= 0.3 is 12.1 Å². The highest BCUT2D eigenvalue weighted by atomic mass is 17.2. The Labute approximate surface area is 112 Å². The number of rotatable bonds is 11. The summed E-state index contributed by atoms with van der Waals surface area (Å²) in [5.41, 5.74) is 0. The van der Waals surface area contributed by atoms with Crippen LogP contribution >= 0.6 is 0 Å². The molecule has 0 aromatic rings. The third-order valence-electron chi connectivity index (χ3n) is 1.96. The molecule has 0 aliphatic heterocycles. The second-order valence-electron chi connectivity index (χ2n) is 3.56. The lowest BCUT2D eigenvalue weighted by Crippen LogP contribution is -2.11. The molecule has 0 rings (SSSR count). The zero-order valence-corrected chi connectivity index (χ0v) is 11.0. The van der Waals surface area contributed by atoms with E-state index in [1.807, 2.05) is 0 Å². The van der Waals surface area contributed by atoms with Gasteiger partial charge in [-0.05, 0) is 6.42 Å². The molecule has 0 unspecified atom stereocenters. The second kappa shape index (κ2) is 12.7. The number of esters is 1. The summed E-state index contributed by atoms with van der Waals surface area (Å²) in [6.45, 7) is 2.23. The van der Waals surface area contributed by atoms with Crippen molar-refractivity contribution in [2.75, 3.05) is 19.8 Å². The Bertz CT molecular complexity index is 275. The SMILES string of the molecule is CCCCCCOOC=CC(=O)OCCOC(=O)O. The van der Waals surface area contributed by atoms with Gasteiger partial charge in [0.2, 0.25) is 0 Å². The Morgan fingerprint density at radius 1 is 1.05 bits per heavy atom. The van der Waals surface area contributed by atoms with Crippen molar-refractivity contribution in [3.8, 4) is 0 Å². The van der Waals surface area contributed by atoms with Crippen LogP contribution < -0.4 is 0 Å². The number of unbranched alkanes of at least 4 members (excludes halogenated alkanes) is 3. The summed E-state index contributed by atoms with van der Waals surface area (Å²) in [6.07, 6.45) is 4.98. The highest BCUT2D eigenvalue weighted by Gasteiger charge is 1.99. The van der Waals surface area contributed by atoms with Gasteiger partial charge in [0.15, 0.2) is 0 Å². The van der Waals surface area contributed by atoms with E-state index in [2.05, 4.69) is 21.3 Å². The molecule has 0 aliphatic carbocycles. The maximum atomic E-state index is 11.0. The van der Waals surface area contributed by atoms with Crippen molar-refractivity contribution in [2.24, 2.45) is 0 Å². The van der Waals surface area contributed by atoms with Crippen LogP contribution in [0.2, 0.25) is 0 Å². The van der Waals surface area contributed by atoms with Crippen molar-refractivity contribution >= 4 is 12.1 Å². The standard InChI is InChI=1S/C12H20O7/c1-2-3-4-5-7-18-19-8-6-11(13)16-9-10-17-12(14)15/h6,8H,2-5,7,9-10H2,1H3,(H,14,15). The maximum Gasteiger partial charge on any atom is 0.505 e. The van der Waals surface area contributed by atoms with Gasteiger partial charge in [0.1, 0.15) is 19.5 Å². The van der Waals surface area contributed by atoms with E-state index >= 15 is 0 Å². The van der Waals surface area contributed by atoms with Crippen molar-refractivity contribution in [3.63, 3.8) is 0 Å². The van der Waals surface area contributed by atoms with E-state index in [-0.39, 0.29) is 13.2 Å². The summed E-state index contributed by atoms with van der Waals surface area (Å²) in [7, 11) is 0. The van der Waals surface area contributed by atoms with Gasteiger partial charge in [0.25, 0.3) is 0 Å². The Kier molecular flexibility index (Phi) is 11.5. The zero-order valence-electron chi connectivity index (χ0n) is 11.0. The van der Waals surface area contributed by atoms with Crippen molar-refractivity contribution in [1.82, 2.24) is 0 Å². The van der Waals surface area contributed by atoms with Crippen molar-refractivity contribution < 1.29 is 33.9 Å². The van der Waals surface area contributed by atoms with Crippen molar-refractivity contribution in [1.29, 1.82) is 0 Å². The first-order valence-electron chi connectivity index (χ1n) is 6.14. The molecule has 0 aliphatic rings. The number of hydrogen-bond donors (Lipinski definition) is 1. The summed E-state index contributed by atoms with van der Waals surface area (Å²) in [6, 6.07) is 0. The van der Waals surface area contributed by atoms with Crippen LogP contribution in [-0.4, -0.2) is 37.1 Å². The summed E-state index contributed by atoms with van der Waals surface area (Å²) in [5, 5.41) is 8.14. The minimum Gasteiger partial charge on any atom is -0.459 e. The molecule has 0 aromatic carbocycles. The number of carbonyl (C=O) groups excluding carboxylic acids is 1. The van der Waals surface area contributed by atoms with Crippen LogP contribution in [0.5, 0.6) is 0 Å². The fraction of sp³-hybridized carbons (Fsp3) is 0.667. The van der Waals surface area contributed by atoms with E-state index in [0.29, 0.717) is 6.61 Å². The topological polar surface area (TPSA) is 91.3 Å².